The number of sulfone groups is 1. The molecular formula is C22H16ClN3O3S. The summed E-state index contributed by atoms with van der Waals surface area (Å²) in [6.07, 6.45) is 4.41. The highest BCUT2D eigenvalue weighted by Crippen LogP contribution is 2.28. The average molecular weight is 438 g/mol. The molecule has 4 aromatic rings. The summed E-state index contributed by atoms with van der Waals surface area (Å²) >= 11 is 6.19. The summed E-state index contributed by atoms with van der Waals surface area (Å²) in [7, 11) is -3.45. The Labute approximate surface area is 178 Å². The maximum atomic E-state index is 13.2. The second kappa shape index (κ2) is 7.85. The summed E-state index contributed by atoms with van der Waals surface area (Å²) in [6, 6.07) is 16.8. The van der Waals surface area contributed by atoms with E-state index in [-0.39, 0.29) is 15.6 Å². The van der Waals surface area contributed by atoms with Crippen molar-refractivity contribution in [3.63, 3.8) is 0 Å². The SMILES string of the molecule is CS(=O)(=O)c1ccc(Cl)c(NC(=O)c2cc(-c3ccncc3)nc3ccccc23)c1. The van der Waals surface area contributed by atoms with Crippen LogP contribution in [0.25, 0.3) is 22.2 Å². The fourth-order valence-electron chi connectivity index (χ4n) is 3.05. The fourth-order valence-corrected chi connectivity index (χ4v) is 3.87. The predicted octanol–water partition coefficient (Wildman–Crippen LogP) is 4.61. The maximum absolute atomic E-state index is 13.2. The third-order valence-corrected chi connectivity index (χ3v) is 5.99. The van der Waals surface area contributed by atoms with Gasteiger partial charge in [0.15, 0.2) is 9.84 Å². The van der Waals surface area contributed by atoms with Gasteiger partial charge in [0.1, 0.15) is 0 Å². The van der Waals surface area contributed by atoms with Crippen LogP contribution in [0, 0.1) is 0 Å². The molecule has 30 heavy (non-hydrogen) atoms. The number of pyridine rings is 2. The Hall–Kier alpha value is -3.29. The Morgan fingerprint density at radius 1 is 1.00 bits per heavy atom. The second-order valence-electron chi connectivity index (χ2n) is 6.68. The molecule has 0 spiro atoms. The zero-order valence-electron chi connectivity index (χ0n) is 15.8. The lowest BCUT2D eigenvalue weighted by Gasteiger charge is -2.12. The highest BCUT2D eigenvalue weighted by Gasteiger charge is 2.17. The lowest BCUT2D eigenvalue weighted by Crippen LogP contribution is -2.14. The molecule has 0 atom stereocenters. The Morgan fingerprint density at radius 2 is 1.73 bits per heavy atom. The van der Waals surface area contributed by atoms with Gasteiger partial charge in [-0.25, -0.2) is 13.4 Å². The van der Waals surface area contributed by atoms with Gasteiger partial charge in [-0.3, -0.25) is 9.78 Å². The van der Waals surface area contributed by atoms with E-state index in [0.717, 1.165) is 11.8 Å². The number of amides is 1. The van der Waals surface area contributed by atoms with Gasteiger partial charge < -0.3 is 5.32 Å². The number of anilines is 1. The summed E-state index contributed by atoms with van der Waals surface area (Å²) in [6.45, 7) is 0. The highest BCUT2D eigenvalue weighted by molar-refractivity contribution is 7.90. The monoisotopic (exact) mass is 437 g/mol. The molecule has 150 valence electrons. The maximum Gasteiger partial charge on any atom is 0.256 e. The zero-order chi connectivity index (χ0) is 21.3. The second-order valence-corrected chi connectivity index (χ2v) is 9.10. The van der Waals surface area contributed by atoms with Crippen molar-refractivity contribution < 1.29 is 13.2 Å². The van der Waals surface area contributed by atoms with Gasteiger partial charge in [-0.2, -0.15) is 0 Å². The number of rotatable bonds is 4. The van der Waals surface area contributed by atoms with Gasteiger partial charge in [0, 0.05) is 29.6 Å². The van der Waals surface area contributed by atoms with Crippen LogP contribution in [0.1, 0.15) is 10.4 Å². The van der Waals surface area contributed by atoms with Crippen molar-refractivity contribution in [3.8, 4) is 11.3 Å². The molecule has 0 aliphatic carbocycles. The molecule has 4 rings (SSSR count). The van der Waals surface area contributed by atoms with E-state index in [9.17, 15) is 13.2 Å². The molecule has 0 saturated carbocycles. The Morgan fingerprint density at radius 3 is 2.47 bits per heavy atom. The van der Waals surface area contributed by atoms with Crippen LogP contribution in [0.15, 0.2) is 78.0 Å². The number of carbonyl (C=O) groups excluding carboxylic acids is 1. The largest absolute Gasteiger partial charge is 0.321 e. The van der Waals surface area contributed by atoms with E-state index >= 15 is 0 Å². The summed E-state index contributed by atoms with van der Waals surface area (Å²) in [4.78, 5) is 21.9. The lowest BCUT2D eigenvalue weighted by molar-refractivity contribution is 0.102. The summed E-state index contributed by atoms with van der Waals surface area (Å²) in [5.41, 5.74) is 2.72. The van der Waals surface area contributed by atoms with Crippen molar-refractivity contribution in [2.45, 2.75) is 4.90 Å². The predicted molar refractivity (Wildman–Crippen MR) is 117 cm³/mol. The van der Waals surface area contributed by atoms with Crippen LogP contribution >= 0.6 is 11.6 Å². The van der Waals surface area contributed by atoms with Gasteiger partial charge in [-0.05, 0) is 42.5 Å². The minimum absolute atomic E-state index is 0.0688. The topological polar surface area (TPSA) is 89.0 Å². The van der Waals surface area contributed by atoms with Crippen LogP contribution in [0.5, 0.6) is 0 Å². The van der Waals surface area contributed by atoms with Crippen LogP contribution in [-0.2, 0) is 9.84 Å². The van der Waals surface area contributed by atoms with Crippen molar-refractivity contribution in [2.24, 2.45) is 0 Å². The number of nitrogens with zero attached hydrogens (tertiary/aromatic N) is 2. The molecule has 2 aromatic heterocycles. The van der Waals surface area contributed by atoms with Crippen molar-refractivity contribution >= 4 is 43.9 Å². The average Bonchev–Trinajstić information content (AvgIpc) is 2.74. The Kier molecular flexibility index (Phi) is 5.24. The minimum Gasteiger partial charge on any atom is -0.321 e. The van der Waals surface area contributed by atoms with Gasteiger partial charge >= 0.3 is 0 Å². The van der Waals surface area contributed by atoms with Crippen molar-refractivity contribution in [2.75, 3.05) is 11.6 Å². The first kappa shape index (κ1) is 20.0. The molecule has 0 bridgehead atoms. The fraction of sp³-hybridized carbons (Fsp3) is 0.0455. The van der Waals surface area contributed by atoms with Gasteiger partial charge in [-0.1, -0.05) is 29.8 Å². The van der Waals surface area contributed by atoms with Crippen LogP contribution in [0.2, 0.25) is 5.02 Å². The van der Waals surface area contributed by atoms with Gasteiger partial charge in [-0.15, -0.1) is 0 Å². The molecule has 6 nitrogen and oxygen atoms in total. The zero-order valence-corrected chi connectivity index (χ0v) is 17.4. The molecule has 0 fully saturated rings. The van der Waals surface area contributed by atoms with Crippen LogP contribution in [-0.4, -0.2) is 30.5 Å². The molecular weight excluding hydrogens is 422 g/mol. The molecule has 1 amide bonds. The van der Waals surface area contributed by atoms with Crippen LogP contribution < -0.4 is 5.32 Å². The Bertz CT molecular complexity index is 1370. The van der Waals surface area contributed by atoms with Gasteiger partial charge in [0.2, 0.25) is 0 Å². The summed E-state index contributed by atoms with van der Waals surface area (Å²) in [5, 5.41) is 3.64. The van der Waals surface area contributed by atoms with E-state index < -0.39 is 15.7 Å². The lowest BCUT2D eigenvalue weighted by atomic mass is 10.0. The number of hydrogen-bond donors (Lipinski definition) is 1. The van der Waals surface area contributed by atoms with Gasteiger partial charge in [0.25, 0.3) is 5.91 Å². The number of para-hydroxylation sites is 1. The third kappa shape index (κ3) is 4.03. The minimum atomic E-state index is -3.45. The number of carbonyl (C=O) groups is 1. The van der Waals surface area contributed by atoms with E-state index in [1.807, 2.05) is 36.4 Å². The van der Waals surface area contributed by atoms with E-state index in [1.165, 1.54) is 18.2 Å². The molecule has 8 heteroatoms. The van der Waals surface area contributed by atoms with Crippen LogP contribution in [0.4, 0.5) is 5.69 Å². The van der Waals surface area contributed by atoms with E-state index in [0.29, 0.717) is 22.2 Å². The molecule has 1 N–H and O–H groups in total. The number of benzene rings is 2. The molecule has 2 heterocycles. The Balaban J connectivity index is 1.81. The standard InChI is InChI=1S/C22H16ClN3O3S/c1-30(28,29)15-6-7-18(23)21(12-15)26-22(27)17-13-20(14-8-10-24-11-9-14)25-19-5-3-2-4-16(17)19/h2-13H,1H3,(H,26,27). The van der Waals surface area contributed by atoms with Gasteiger partial charge in [0.05, 0.1) is 32.4 Å². The quantitative estimate of drug-likeness (QED) is 0.503. The number of hydrogen-bond acceptors (Lipinski definition) is 5. The van der Waals surface area contributed by atoms with E-state index in [1.54, 1.807) is 18.5 Å². The molecule has 0 saturated heterocycles. The van der Waals surface area contributed by atoms with Crippen molar-refractivity contribution in [1.29, 1.82) is 0 Å². The first-order valence-corrected chi connectivity index (χ1v) is 11.2. The first-order chi connectivity index (χ1) is 14.3. The number of fused-ring (bicyclic) bond motifs is 1. The molecule has 0 unspecified atom stereocenters. The van der Waals surface area contributed by atoms with Crippen LogP contribution in [0.3, 0.4) is 0 Å². The molecule has 0 aliphatic heterocycles. The highest BCUT2D eigenvalue weighted by atomic mass is 35.5. The summed E-state index contributed by atoms with van der Waals surface area (Å²) in [5.74, 6) is -0.420. The van der Waals surface area contributed by atoms with Crippen molar-refractivity contribution in [3.05, 3.63) is 83.6 Å². The number of aromatic nitrogens is 2. The first-order valence-electron chi connectivity index (χ1n) is 8.94. The van der Waals surface area contributed by atoms with E-state index in [2.05, 4.69) is 15.3 Å². The third-order valence-electron chi connectivity index (χ3n) is 4.55. The van der Waals surface area contributed by atoms with E-state index in [4.69, 9.17) is 11.6 Å². The smallest absolute Gasteiger partial charge is 0.256 e. The normalized spacial score (nSPS) is 11.4. The number of halogens is 1. The van der Waals surface area contributed by atoms with Crippen molar-refractivity contribution in [1.82, 2.24) is 9.97 Å². The summed E-state index contributed by atoms with van der Waals surface area (Å²) < 4.78 is 23.7. The number of nitrogens with one attached hydrogen (secondary N) is 1. The molecule has 2 aromatic carbocycles. The molecule has 0 aliphatic rings. The molecule has 0 radical (unpaired) electrons.